The Morgan fingerprint density at radius 1 is 1.35 bits per heavy atom. The van der Waals surface area contributed by atoms with E-state index in [9.17, 15) is 0 Å². The van der Waals surface area contributed by atoms with Crippen LogP contribution in [0.3, 0.4) is 0 Å². The normalized spacial score (nSPS) is 16.7. The van der Waals surface area contributed by atoms with E-state index in [4.69, 9.17) is 8.94 Å². The number of aromatic nitrogens is 2. The molecule has 2 aromatic rings. The van der Waals surface area contributed by atoms with E-state index in [0.717, 1.165) is 0 Å². The highest BCUT2D eigenvalue weighted by Crippen LogP contribution is 2.19. The van der Waals surface area contributed by atoms with Gasteiger partial charge in [0.2, 0.25) is 11.7 Å². The third-order valence-electron chi connectivity index (χ3n) is 3.11. The van der Waals surface area contributed by atoms with E-state index < -0.39 is 0 Å². The number of nitrogens with zero attached hydrogens (tertiary/aromatic N) is 2. The van der Waals surface area contributed by atoms with Crippen LogP contribution in [0, 0.1) is 0 Å². The summed E-state index contributed by atoms with van der Waals surface area (Å²) in [7, 11) is 0. The number of rotatable bonds is 4. The van der Waals surface area contributed by atoms with Crippen LogP contribution in [0.2, 0.25) is 0 Å². The van der Waals surface area contributed by atoms with Gasteiger partial charge in [0.05, 0.1) is 12.8 Å². The monoisotopic (exact) mass is 233 g/mol. The molecule has 1 aliphatic rings. The molecule has 0 aromatic carbocycles. The molecule has 0 aliphatic heterocycles. The third kappa shape index (κ3) is 2.39. The summed E-state index contributed by atoms with van der Waals surface area (Å²) in [5, 5.41) is 7.31. The molecule has 0 spiro atoms. The fourth-order valence-corrected chi connectivity index (χ4v) is 2.19. The minimum Gasteiger partial charge on any atom is -0.461 e. The molecule has 0 atom stereocenters. The summed E-state index contributed by atoms with van der Waals surface area (Å²) in [6.45, 7) is 0.637. The minimum atomic E-state index is 0.512. The van der Waals surface area contributed by atoms with Gasteiger partial charge in [-0.1, -0.05) is 18.0 Å². The maximum Gasteiger partial charge on any atom is 0.241 e. The molecule has 0 saturated heterocycles. The third-order valence-corrected chi connectivity index (χ3v) is 3.11. The van der Waals surface area contributed by atoms with Gasteiger partial charge in [-0.3, -0.25) is 0 Å². The van der Waals surface area contributed by atoms with E-state index >= 15 is 0 Å². The van der Waals surface area contributed by atoms with Crippen LogP contribution in [0.25, 0.3) is 11.6 Å². The van der Waals surface area contributed by atoms with Gasteiger partial charge in [0.15, 0.2) is 5.76 Å². The fraction of sp³-hybridized carbons (Fsp3) is 0.500. The van der Waals surface area contributed by atoms with Gasteiger partial charge in [0.1, 0.15) is 0 Å². The topological polar surface area (TPSA) is 64.1 Å². The van der Waals surface area contributed by atoms with Crippen LogP contribution in [0.4, 0.5) is 0 Å². The maximum absolute atomic E-state index is 5.21. The van der Waals surface area contributed by atoms with Crippen molar-refractivity contribution in [2.75, 3.05) is 0 Å². The first-order valence-corrected chi connectivity index (χ1v) is 6.01. The Kier molecular flexibility index (Phi) is 2.92. The van der Waals surface area contributed by atoms with Gasteiger partial charge in [-0.2, -0.15) is 4.98 Å². The van der Waals surface area contributed by atoms with Gasteiger partial charge < -0.3 is 14.3 Å². The van der Waals surface area contributed by atoms with Crippen molar-refractivity contribution in [1.29, 1.82) is 0 Å². The molecule has 5 heteroatoms. The van der Waals surface area contributed by atoms with E-state index in [-0.39, 0.29) is 0 Å². The average Bonchev–Trinajstić information content (AvgIpc) is 3.09. The molecule has 0 bridgehead atoms. The van der Waals surface area contributed by atoms with Crippen LogP contribution in [0.5, 0.6) is 0 Å². The fourth-order valence-electron chi connectivity index (χ4n) is 2.19. The van der Waals surface area contributed by atoms with Crippen molar-refractivity contribution in [1.82, 2.24) is 15.5 Å². The summed E-state index contributed by atoms with van der Waals surface area (Å²) in [6, 6.07) is 4.23. The molecule has 0 radical (unpaired) electrons. The molecule has 90 valence electrons. The quantitative estimate of drug-likeness (QED) is 0.878. The first-order valence-electron chi connectivity index (χ1n) is 6.01. The second-order valence-electron chi connectivity index (χ2n) is 4.35. The molecule has 1 N–H and O–H groups in total. The number of hydrogen-bond donors (Lipinski definition) is 1. The second-order valence-corrected chi connectivity index (χ2v) is 4.35. The van der Waals surface area contributed by atoms with Crippen molar-refractivity contribution in [2.24, 2.45) is 0 Å². The van der Waals surface area contributed by atoms with E-state index in [0.29, 0.717) is 30.1 Å². The molecule has 2 aromatic heterocycles. The van der Waals surface area contributed by atoms with Gasteiger partial charge >= 0.3 is 0 Å². The van der Waals surface area contributed by atoms with Crippen molar-refractivity contribution in [3.8, 4) is 11.6 Å². The zero-order chi connectivity index (χ0) is 11.5. The van der Waals surface area contributed by atoms with Crippen LogP contribution >= 0.6 is 0 Å². The lowest BCUT2D eigenvalue weighted by Crippen LogP contribution is -2.25. The van der Waals surface area contributed by atoms with Gasteiger partial charge in [-0.05, 0) is 25.0 Å². The highest BCUT2D eigenvalue weighted by Gasteiger charge is 2.16. The predicted octanol–water partition coefficient (Wildman–Crippen LogP) is 2.36. The van der Waals surface area contributed by atoms with Gasteiger partial charge in [0.25, 0.3) is 0 Å². The van der Waals surface area contributed by atoms with Crippen molar-refractivity contribution in [3.05, 3.63) is 24.3 Å². The molecule has 0 amide bonds. The summed E-state index contributed by atoms with van der Waals surface area (Å²) >= 11 is 0. The Labute approximate surface area is 99.2 Å². The standard InChI is InChI=1S/C12H15N3O2/c1-2-5-9(4-1)13-8-11-14-12(15-17-11)10-6-3-7-16-10/h3,6-7,9,13H,1-2,4-5,8H2. The lowest BCUT2D eigenvalue weighted by molar-refractivity contribution is 0.356. The molecule has 1 saturated carbocycles. The van der Waals surface area contributed by atoms with Crippen LogP contribution < -0.4 is 5.32 Å². The van der Waals surface area contributed by atoms with Crippen LogP contribution in [0.15, 0.2) is 27.3 Å². The van der Waals surface area contributed by atoms with Crippen molar-refractivity contribution in [2.45, 2.75) is 38.3 Å². The summed E-state index contributed by atoms with van der Waals surface area (Å²) in [6.07, 6.45) is 6.73. The van der Waals surface area contributed by atoms with Gasteiger partial charge in [0, 0.05) is 6.04 Å². The van der Waals surface area contributed by atoms with Crippen molar-refractivity contribution < 1.29 is 8.94 Å². The first kappa shape index (κ1) is 10.5. The zero-order valence-corrected chi connectivity index (χ0v) is 9.56. The minimum absolute atomic E-state index is 0.512. The second kappa shape index (κ2) is 4.71. The molecule has 3 rings (SSSR count). The molecule has 2 heterocycles. The predicted molar refractivity (Wildman–Crippen MR) is 61.1 cm³/mol. The number of nitrogens with one attached hydrogen (secondary N) is 1. The Morgan fingerprint density at radius 2 is 2.24 bits per heavy atom. The highest BCUT2D eigenvalue weighted by molar-refractivity contribution is 5.44. The summed E-state index contributed by atoms with van der Waals surface area (Å²) < 4.78 is 10.4. The molecule has 0 unspecified atom stereocenters. The Bertz CT molecular complexity index is 458. The molecule has 17 heavy (non-hydrogen) atoms. The van der Waals surface area contributed by atoms with E-state index in [2.05, 4.69) is 15.5 Å². The van der Waals surface area contributed by atoms with Gasteiger partial charge in [-0.25, -0.2) is 0 Å². The molecule has 5 nitrogen and oxygen atoms in total. The lowest BCUT2D eigenvalue weighted by atomic mass is 10.2. The number of furan rings is 1. The number of hydrogen-bond acceptors (Lipinski definition) is 5. The smallest absolute Gasteiger partial charge is 0.241 e. The summed E-state index contributed by atoms with van der Waals surface area (Å²) in [4.78, 5) is 4.28. The largest absolute Gasteiger partial charge is 0.461 e. The Balaban J connectivity index is 1.60. The first-order chi connectivity index (χ1) is 8.42. The van der Waals surface area contributed by atoms with Crippen LogP contribution in [0.1, 0.15) is 31.6 Å². The van der Waals surface area contributed by atoms with Gasteiger partial charge in [-0.15, -0.1) is 0 Å². The Hall–Kier alpha value is -1.62. The highest BCUT2D eigenvalue weighted by atomic mass is 16.5. The van der Waals surface area contributed by atoms with Crippen molar-refractivity contribution in [3.63, 3.8) is 0 Å². The van der Waals surface area contributed by atoms with Crippen LogP contribution in [-0.4, -0.2) is 16.2 Å². The SMILES string of the molecule is c1coc(-c2noc(CNC3CCCC3)n2)c1. The van der Waals surface area contributed by atoms with E-state index in [1.807, 2.05) is 12.1 Å². The van der Waals surface area contributed by atoms with Crippen LogP contribution in [-0.2, 0) is 6.54 Å². The Morgan fingerprint density at radius 3 is 3.00 bits per heavy atom. The van der Waals surface area contributed by atoms with Crippen molar-refractivity contribution >= 4 is 0 Å². The molecule has 1 aliphatic carbocycles. The lowest BCUT2D eigenvalue weighted by Gasteiger charge is -2.08. The average molecular weight is 233 g/mol. The van der Waals surface area contributed by atoms with E-state index in [1.165, 1.54) is 25.7 Å². The van der Waals surface area contributed by atoms with E-state index in [1.54, 1.807) is 6.26 Å². The summed E-state index contributed by atoms with van der Waals surface area (Å²) in [5.41, 5.74) is 0. The molecular formula is C12H15N3O2. The zero-order valence-electron chi connectivity index (χ0n) is 9.56. The molecule has 1 fully saturated rings. The maximum atomic E-state index is 5.21. The summed E-state index contributed by atoms with van der Waals surface area (Å²) in [5.74, 6) is 1.77. The molecular weight excluding hydrogens is 218 g/mol.